The molecule has 0 aliphatic carbocycles. The summed E-state index contributed by atoms with van der Waals surface area (Å²) in [6.45, 7) is 6.15. The Morgan fingerprint density at radius 3 is 2.67 bits per heavy atom. The van der Waals surface area contributed by atoms with E-state index in [1.54, 1.807) is 20.6 Å². The summed E-state index contributed by atoms with van der Waals surface area (Å²) in [5, 5.41) is 4.71. The normalized spacial score (nSPS) is 13.4. The number of aromatic nitrogens is 2. The molecule has 0 radical (unpaired) electrons. The molecule has 1 aliphatic rings. The highest BCUT2D eigenvalue weighted by atomic mass is 32.1. The minimum atomic E-state index is -0.424. The standard InChI is InChI=1S/C23H24N4O4S2/c1-14-6-4-7-19(15(14)2)27(16(3)28)23-25-18(13-33-23)11-31-21(30)10-17-12-32-22(24-17)26-9-5-8-20(26)29/h4,6-7,12-13H,5,8-11H2,1-3H3. The van der Waals surface area contributed by atoms with Gasteiger partial charge in [0.15, 0.2) is 10.3 Å². The Bertz CT molecular complexity index is 1200. The zero-order valence-corrected chi connectivity index (χ0v) is 20.3. The maximum Gasteiger partial charge on any atom is 0.312 e. The Labute approximate surface area is 199 Å². The first-order valence-electron chi connectivity index (χ1n) is 10.5. The second kappa shape index (κ2) is 9.80. The highest BCUT2D eigenvalue weighted by molar-refractivity contribution is 7.14. The molecule has 4 rings (SSSR count). The Morgan fingerprint density at radius 2 is 1.94 bits per heavy atom. The van der Waals surface area contributed by atoms with Crippen LogP contribution in [0.4, 0.5) is 16.0 Å². The van der Waals surface area contributed by atoms with E-state index in [1.165, 1.54) is 29.6 Å². The molecule has 8 nitrogen and oxygen atoms in total. The molecule has 172 valence electrons. The largest absolute Gasteiger partial charge is 0.459 e. The predicted octanol–water partition coefficient (Wildman–Crippen LogP) is 4.31. The highest BCUT2D eigenvalue weighted by Gasteiger charge is 2.25. The smallest absolute Gasteiger partial charge is 0.312 e. The Kier molecular flexibility index (Phi) is 6.85. The van der Waals surface area contributed by atoms with Crippen LogP contribution in [-0.4, -0.2) is 34.3 Å². The quantitative estimate of drug-likeness (QED) is 0.464. The van der Waals surface area contributed by atoms with Crippen molar-refractivity contribution in [1.82, 2.24) is 9.97 Å². The molecule has 1 saturated heterocycles. The van der Waals surface area contributed by atoms with Crippen LogP contribution >= 0.6 is 22.7 Å². The maximum atomic E-state index is 12.4. The van der Waals surface area contributed by atoms with Crippen LogP contribution in [0.2, 0.25) is 0 Å². The third kappa shape index (κ3) is 5.12. The van der Waals surface area contributed by atoms with Crippen molar-refractivity contribution in [2.24, 2.45) is 0 Å². The van der Waals surface area contributed by atoms with Crippen molar-refractivity contribution in [3.05, 3.63) is 51.5 Å². The van der Waals surface area contributed by atoms with Gasteiger partial charge in [-0.25, -0.2) is 9.97 Å². The van der Waals surface area contributed by atoms with Gasteiger partial charge in [-0.05, 0) is 37.5 Å². The van der Waals surface area contributed by atoms with Crippen molar-refractivity contribution in [3.8, 4) is 0 Å². The summed E-state index contributed by atoms with van der Waals surface area (Å²) in [6, 6.07) is 5.80. The van der Waals surface area contributed by atoms with E-state index < -0.39 is 5.97 Å². The van der Waals surface area contributed by atoms with Gasteiger partial charge in [0.25, 0.3) is 0 Å². The Hall–Kier alpha value is -3.11. The molecule has 3 aromatic rings. The number of esters is 1. The number of benzene rings is 1. The van der Waals surface area contributed by atoms with Gasteiger partial charge in [0.05, 0.1) is 23.5 Å². The van der Waals surface area contributed by atoms with E-state index in [2.05, 4.69) is 9.97 Å². The van der Waals surface area contributed by atoms with Crippen molar-refractivity contribution >= 4 is 56.4 Å². The minimum Gasteiger partial charge on any atom is -0.459 e. The molecule has 0 spiro atoms. The number of thiazole rings is 2. The summed E-state index contributed by atoms with van der Waals surface area (Å²) in [5.41, 5.74) is 4.03. The van der Waals surface area contributed by atoms with E-state index >= 15 is 0 Å². The second-order valence-corrected chi connectivity index (χ2v) is 9.48. The summed E-state index contributed by atoms with van der Waals surface area (Å²) < 4.78 is 5.38. The zero-order chi connectivity index (χ0) is 23.5. The van der Waals surface area contributed by atoms with Gasteiger partial charge in [0, 0.05) is 30.6 Å². The lowest BCUT2D eigenvalue weighted by Gasteiger charge is -2.21. The number of carbonyl (C=O) groups is 3. The summed E-state index contributed by atoms with van der Waals surface area (Å²) in [5.74, 6) is -0.497. The van der Waals surface area contributed by atoms with Crippen molar-refractivity contribution in [3.63, 3.8) is 0 Å². The number of anilines is 3. The third-order valence-electron chi connectivity index (χ3n) is 5.41. The van der Waals surface area contributed by atoms with Crippen LogP contribution in [0.3, 0.4) is 0 Å². The minimum absolute atomic E-state index is 0.00941. The fourth-order valence-electron chi connectivity index (χ4n) is 3.56. The zero-order valence-electron chi connectivity index (χ0n) is 18.7. The Balaban J connectivity index is 1.38. The first-order valence-corrected chi connectivity index (χ1v) is 12.3. The van der Waals surface area contributed by atoms with Gasteiger partial charge in [0.2, 0.25) is 11.8 Å². The third-order valence-corrected chi connectivity index (χ3v) is 7.20. The molecule has 0 atom stereocenters. The number of hydrogen-bond acceptors (Lipinski definition) is 8. The van der Waals surface area contributed by atoms with Gasteiger partial charge in [-0.3, -0.25) is 24.2 Å². The fourth-order valence-corrected chi connectivity index (χ4v) is 5.29. The first-order chi connectivity index (χ1) is 15.8. The topological polar surface area (TPSA) is 92.7 Å². The van der Waals surface area contributed by atoms with Crippen molar-refractivity contribution in [1.29, 1.82) is 0 Å². The number of amides is 2. The molecule has 0 saturated carbocycles. The van der Waals surface area contributed by atoms with Gasteiger partial charge < -0.3 is 4.74 Å². The highest BCUT2D eigenvalue weighted by Crippen LogP contribution is 2.32. The van der Waals surface area contributed by atoms with Gasteiger partial charge in [-0.15, -0.1) is 22.7 Å². The predicted molar refractivity (Wildman–Crippen MR) is 128 cm³/mol. The number of nitrogens with zero attached hydrogens (tertiary/aromatic N) is 4. The summed E-state index contributed by atoms with van der Waals surface area (Å²) in [6.07, 6.45) is 1.39. The SMILES string of the molecule is CC(=O)N(c1nc(COC(=O)Cc2csc(N3CCCC3=O)n2)cs1)c1cccc(C)c1C. The monoisotopic (exact) mass is 484 g/mol. The molecule has 33 heavy (non-hydrogen) atoms. The number of carbonyl (C=O) groups excluding carboxylic acids is 3. The van der Waals surface area contributed by atoms with E-state index in [0.717, 1.165) is 23.2 Å². The summed E-state index contributed by atoms with van der Waals surface area (Å²) in [7, 11) is 0. The van der Waals surface area contributed by atoms with Crippen molar-refractivity contribution < 1.29 is 19.1 Å². The van der Waals surface area contributed by atoms with Crippen LogP contribution in [-0.2, 0) is 32.1 Å². The number of hydrogen-bond donors (Lipinski definition) is 0. The van der Waals surface area contributed by atoms with Gasteiger partial charge in [-0.1, -0.05) is 12.1 Å². The molecular weight excluding hydrogens is 460 g/mol. The van der Waals surface area contributed by atoms with Gasteiger partial charge in [0.1, 0.15) is 6.61 Å². The number of aryl methyl sites for hydroxylation is 1. The number of rotatable bonds is 7. The van der Waals surface area contributed by atoms with Gasteiger partial charge >= 0.3 is 5.97 Å². The lowest BCUT2D eigenvalue weighted by molar-refractivity contribution is -0.144. The molecule has 1 fully saturated rings. The van der Waals surface area contributed by atoms with E-state index in [4.69, 9.17) is 4.74 Å². The van der Waals surface area contributed by atoms with Crippen LogP contribution in [0.15, 0.2) is 29.0 Å². The van der Waals surface area contributed by atoms with E-state index in [9.17, 15) is 14.4 Å². The van der Waals surface area contributed by atoms with Crippen LogP contribution in [0.25, 0.3) is 0 Å². The molecule has 1 aromatic carbocycles. The fraction of sp³-hybridized carbons (Fsp3) is 0.348. The lowest BCUT2D eigenvalue weighted by atomic mass is 10.1. The number of ether oxygens (including phenoxy) is 1. The Morgan fingerprint density at radius 1 is 1.15 bits per heavy atom. The molecule has 3 heterocycles. The summed E-state index contributed by atoms with van der Waals surface area (Å²) in [4.78, 5) is 48.7. The molecule has 2 amide bonds. The van der Waals surface area contributed by atoms with Crippen LogP contribution < -0.4 is 9.80 Å². The average Bonchev–Trinajstić information content (AvgIpc) is 3.51. The molecule has 0 unspecified atom stereocenters. The van der Waals surface area contributed by atoms with E-state index in [0.29, 0.717) is 34.6 Å². The first kappa shape index (κ1) is 23.1. The molecule has 0 bridgehead atoms. The van der Waals surface area contributed by atoms with Crippen molar-refractivity contribution in [2.45, 2.75) is 46.6 Å². The molecule has 2 aromatic heterocycles. The average molecular weight is 485 g/mol. The molecular formula is C23H24N4O4S2. The van der Waals surface area contributed by atoms with Crippen molar-refractivity contribution in [2.75, 3.05) is 16.3 Å². The van der Waals surface area contributed by atoms with Crippen LogP contribution in [0.5, 0.6) is 0 Å². The molecule has 10 heteroatoms. The van der Waals surface area contributed by atoms with E-state index in [-0.39, 0.29) is 24.8 Å². The maximum absolute atomic E-state index is 12.4. The lowest BCUT2D eigenvalue weighted by Crippen LogP contribution is -2.23. The molecule has 0 N–H and O–H groups in total. The van der Waals surface area contributed by atoms with E-state index in [1.807, 2.05) is 32.0 Å². The van der Waals surface area contributed by atoms with Gasteiger partial charge in [-0.2, -0.15) is 0 Å². The van der Waals surface area contributed by atoms with Crippen LogP contribution in [0.1, 0.15) is 42.3 Å². The molecule has 1 aliphatic heterocycles. The van der Waals surface area contributed by atoms with Crippen LogP contribution in [0, 0.1) is 13.8 Å². The second-order valence-electron chi connectivity index (χ2n) is 7.80. The summed E-state index contributed by atoms with van der Waals surface area (Å²) >= 11 is 2.68.